The molecule has 0 fully saturated rings. The topological polar surface area (TPSA) is 120 Å². The Bertz CT molecular complexity index is 1390. The van der Waals surface area contributed by atoms with Crippen LogP contribution in [0, 0.1) is 13.8 Å². The van der Waals surface area contributed by atoms with E-state index in [0.717, 1.165) is 11.1 Å². The Morgan fingerprint density at radius 1 is 1.06 bits per heavy atom. The summed E-state index contributed by atoms with van der Waals surface area (Å²) in [4.78, 5) is 35.8. The van der Waals surface area contributed by atoms with E-state index < -0.39 is 6.03 Å². The van der Waals surface area contributed by atoms with Crippen LogP contribution in [0.4, 0.5) is 22.0 Å². The van der Waals surface area contributed by atoms with Crippen LogP contribution in [-0.4, -0.2) is 26.3 Å². The third-order valence-electron chi connectivity index (χ3n) is 5.62. The van der Waals surface area contributed by atoms with Crippen LogP contribution < -0.4 is 16.4 Å². The summed E-state index contributed by atoms with van der Waals surface area (Å²) in [6, 6.07) is 12.0. The van der Waals surface area contributed by atoms with Gasteiger partial charge in [0.2, 0.25) is 0 Å². The van der Waals surface area contributed by atoms with Crippen LogP contribution >= 0.6 is 0 Å². The number of benzene rings is 2. The van der Waals surface area contributed by atoms with Crippen molar-refractivity contribution in [3.05, 3.63) is 77.2 Å². The van der Waals surface area contributed by atoms with Crippen LogP contribution in [0.25, 0.3) is 11.0 Å². The number of fused-ring (bicyclic) bond motifs is 1. The number of nitrogens with two attached hydrogens (primary N) is 2. The van der Waals surface area contributed by atoms with Gasteiger partial charge in [0, 0.05) is 17.8 Å². The van der Waals surface area contributed by atoms with Gasteiger partial charge in [0.25, 0.3) is 0 Å². The first-order valence-electron chi connectivity index (χ1n) is 10.6. The lowest BCUT2D eigenvalue weighted by molar-refractivity contribution is 0.104. The monoisotopic (exact) mass is 442 g/mol. The number of carbonyl (C=O) groups is 2. The van der Waals surface area contributed by atoms with Gasteiger partial charge in [-0.05, 0) is 51.5 Å². The molecular formula is C25H26N6O2. The van der Waals surface area contributed by atoms with Gasteiger partial charge in [0.15, 0.2) is 5.78 Å². The molecule has 2 heterocycles. The van der Waals surface area contributed by atoms with Crippen LogP contribution in [0.2, 0.25) is 0 Å². The van der Waals surface area contributed by atoms with Crippen LogP contribution in [0.5, 0.6) is 0 Å². The lowest BCUT2D eigenvalue weighted by Crippen LogP contribution is -2.32. The summed E-state index contributed by atoms with van der Waals surface area (Å²) in [5, 5.41) is 0.516. The highest BCUT2D eigenvalue weighted by Crippen LogP contribution is 2.32. The Hall–Kier alpha value is -4.20. The molecular weight excluding hydrogens is 416 g/mol. The number of anilines is 3. The smallest absolute Gasteiger partial charge is 0.323 e. The maximum absolute atomic E-state index is 13.6. The molecule has 0 saturated carbocycles. The van der Waals surface area contributed by atoms with Crippen molar-refractivity contribution in [2.24, 2.45) is 5.73 Å². The van der Waals surface area contributed by atoms with Crippen LogP contribution in [-0.2, 0) is 0 Å². The summed E-state index contributed by atoms with van der Waals surface area (Å²) in [7, 11) is 0. The largest absolute Gasteiger partial charge is 0.383 e. The number of nitrogen functional groups attached to an aromatic ring is 1. The van der Waals surface area contributed by atoms with E-state index >= 15 is 0 Å². The van der Waals surface area contributed by atoms with Gasteiger partial charge in [0.05, 0.1) is 22.3 Å². The van der Waals surface area contributed by atoms with E-state index in [1.807, 2.05) is 50.5 Å². The molecule has 0 aliphatic carbocycles. The van der Waals surface area contributed by atoms with E-state index in [0.29, 0.717) is 33.5 Å². The summed E-state index contributed by atoms with van der Waals surface area (Å²) >= 11 is 0. The van der Waals surface area contributed by atoms with Crippen molar-refractivity contribution in [1.82, 2.24) is 14.5 Å². The average molecular weight is 443 g/mol. The minimum absolute atomic E-state index is 0.0737. The van der Waals surface area contributed by atoms with Crippen LogP contribution in [0.15, 0.2) is 55.0 Å². The van der Waals surface area contributed by atoms with Crippen molar-refractivity contribution in [1.29, 1.82) is 0 Å². The fourth-order valence-corrected chi connectivity index (χ4v) is 4.06. The number of aryl methyl sites for hydroxylation is 2. The van der Waals surface area contributed by atoms with Crippen molar-refractivity contribution < 1.29 is 9.59 Å². The van der Waals surface area contributed by atoms with Crippen molar-refractivity contribution in [2.45, 2.75) is 33.7 Å². The molecule has 168 valence electrons. The molecule has 33 heavy (non-hydrogen) atoms. The highest BCUT2D eigenvalue weighted by atomic mass is 16.2. The summed E-state index contributed by atoms with van der Waals surface area (Å²) in [5.74, 6) is 0.000690. The number of urea groups is 1. The summed E-state index contributed by atoms with van der Waals surface area (Å²) < 4.78 is 1.90. The molecule has 2 amide bonds. The second kappa shape index (κ2) is 8.38. The molecule has 2 aromatic heterocycles. The zero-order chi connectivity index (χ0) is 23.9. The number of rotatable bonds is 5. The number of hydrogen-bond donors (Lipinski definition) is 2. The van der Waals surface area contributed by atoms with Gasteiger partial charge in [-0.25, -0.2) is 14.8 Å². The molecule has 0 bridgehead atoms. The maximum Gasteiger partial charge on any atom is 0.323 e. The molecule has 8 nitrogen and oxygen atoms in total. The summed E-state index contributed by atoms with van der Waals surface area (Å²) in [5.41, 5.74) is 16.4. The van der Waals surface area contributed by atoms with Gasteiger partial charge < -0.3 is 16.0 Å². The first-order valence-corrected chi connectivity index (χ1v) is 10.6. The zero-order valence-corrected chi connectivity index (χ0v) is 19.0. The highest BCUT2D eigenvalue weighted by molar-refractivity contribution is 6.18. The Labute approximate surface area is 191 Å². The average Bonchev–Trinajstić information content (AvgIpc) is 3.16. The standard InChI is InChI=1S/C25H26N6O2/c1-14(2)30-12-19(21-23(26)28-13-29-24(21)30)22(32)17-6-5-7-18(11-17)31(25(27)33)20-9-8-15(3)10-16(20)4/h5-14H,1-4H3,(H2,27,33)(H2,26,28,29). The molecule has 0 atom stereocenters. The van der Waals surface area contributed by atoms with Gasteiger partial charge in [-0.15, -0.1) is 0 Å². The van der Waals surface area contributed by atoms with Gasteiger partial charge in [-0.3, -0.25) is 9.69 Å². The lowest BCUT2D eigenvalue weighted by atomic mass is 10.0. The number of amides is 2. The predicted molar refractivity (Wildman–Crippen MR) is 130 cm³/mol. The van der Waals surface area contributed by atoms with Crippen LogP contribution in [0.3, 0.4) is 0 Å². The molecule has 0 spiro atoms. The van der Waals surface area contributed by atoms with Gasteiger partial charge in [-0.2, -0.15) is 0 Å². The van der Waals surface area contributed by atoms with Crippen molar-refractivity contribution >= 4 is 40.0 Å². The highest BCUT2D eigenvalue weighted by Gasteiger charge is 2.23. The van der Waals surface area contributed by atoms with Crippen molar-refractivity contribution in [3.63, 3.8) is 0 Å². The fourth-order valence-electron chi connectivity index (χ4n) is 4.06. The SMILES string of the molecule is Cc1ccc(N(C(N)=O)c2cccc(C(=O)c3cn(C(C)C)c4ncnc(N)c34)c2)c(C)c1. The summed E-state index contributed by atoms with van der Waals surface area (Å²) in [6.07, 6.45) is 3.14. The Kier molecular flexibility index (Phi) is 5.59. The number of hydrogen-bond acceptors (Lipinski definition) is 5. The normalized spacial score (nSPS) is 11.2. The molecule has 2 aromatic carbocycles. The molecule has 8 heteroatoms. The zero-order valence-electron chi connectivity index (χ0n) is 19.0. The molecule has 4 aromatic rings. The third kappa shape index (κ3) is 3.91. The van der Waals surface area contributed by atoms with E-state index in [2.05, 4.69) is 9.97 Å². The lowest BCUT2D eigenvalue weighted by Gasteiger charge is -2.23. The number of primary amides is 1. The third-order valence-corrected chi connectivity index (χ3v) is 5.62. The number of carbonyl (C=O) groups excluding carboxylic acids is 2. The van der Waals surface area contributed by atoms with Gasteiger partial charge in [-0.1, -0.05) is 29.8 Å². The fraction of sp³-hybridized carbons (Fsp3) is 0.200. The first kappa shape index (κ1) is 22.0. The number of ketones is 1. The van der Waals surface area contributed by atoms with Crippen LogP contribution in [0.1, 0.15) is 46.9 Å². The first-order chi connectivity index (χ1) is 15.7. The molecule has 0 aliphatic rings. The van der Waals surface area contributed by atoms with E-state index in [1.54, 1.807) is 30.5 Å². The second-order valence-electron chi connectivity index (χ2n) is 8.34. The Morgan fingerprint density at radius 3 is 2.48 bits per heavy atom. The quantitative estimate of drug-likeness (QED) is 0.436. The second-order valence-corrected chi connectivity index (χ2v) is 8.34. The predicted octanol–water partition coefficient (Wildman–Crippen LogP) is 4.66. The Balaban J connectivity index is 1.83. The van der Waals surface area contributed by atoms with Gasteiger partial charge >= 0.3 is 6.03 Å². The van der Waals surface area contributed by atoms with Crippen molar-refractivity contribution in [3.8, 4) is 0 Å². The van der Waals surface area contributed by atoms with E-state index in [9.17, 15) is 9.59 Å². The minimum Gasteiger partial charge on any atom is -0.383 e. The number of nitrogens with zero attached hydrogens (tertiary/aromatic N) is 4. The molecule has 0 unspecified atom stereocenters. The van der Waals surface area contributed by atoms with E-state index in [1.165, 1.54) is 11.2 Å². The molecule has 4 N–H and O–H groups in total. The maximum atomic E-state index is 13.6. The minimum atomic E-state index is -0.638. The number of aromatic nitrogens is 3. The van der Waals surface area contributed by atoms with Gasteiger partial charge in [0.1, 0.15) is 17.8 Å². The molecule has 0 saturated heterocycles. The van der Waals surface area contributed by atoms with E-state index in [4.69, 9.17) is 11.5 Å². The Morgan fingerprint density at radius 2 is 1.82 bits per heavy atom. The summed E-state index contributed by atoms with van der Waals surface area (Å²) in [6.45, 7) is 7.90. The molecule has 0 aliphatic heterocycles. The van der Waals surface area contributed by atoms with Crippen molar-refractivity contribution in [2.75, 3.05) is 10.6 Å². The molecule has 0 radical (unpaired) electrons. The molecule has 4 rings (SSSR count). The van der Waals surface area contributed by atoms with E-state index in [-0.39, 0.29) is 17.6 Å².